The van der Waals surface area contributed by atoms with Gasteiger partial charge in [0.25, 0.3) is 0 Å². The van der Waals surface area contributed by atoms with Gasteiger partial charge >= 0.3 is 0 Å². The summed E-state index contributed by atoms with van der Waals surface area (Å²) in [6.45, 7) is 0. The van der Waals surface area contributed by atoms with Crippen LogP contribution in [0.1, 0.15) is 29.9 Å². The molecule has 3 nitrogen and oxygen atoms in total. The highest BCUT2D eigenvalue weighted by atomic mass is 16.5. The highest BCUT2D eigenvalue weighted by Gasteiger charge is 2.37. The third kappa shape index (κ3) is 1.31. The fraction of sp³-hybridized carbons (Fsp3) is 0.462. The first kappa shape index (κ1) is 9.70. The Hall–Kier alpha value is -1.51. The van der Waals surface area contributed by atoms with Crippen molar-refractivity contribution in [3.8, 4) is 5.75 Å². The van der Waals surface area contributed by atoms with E-state index in [1.54, 1.807) is 7.11 Å². The van der Waals surface area contributed by atoms with E-state index < -0.39 is 0 Å². The number of methoxy groups -OCH3 is 1. The molecule has 2 unspecified atom stereocenters. The number of ether oxygens (including phenoxy) is 1. The second-order valence-electron chi connectivity index (χ2n) is 4.55. The fourth-order valence-electron chi connectivity index (χ4n) is 3.00. The van der Waals surface area contributed by atoms with E-state index in [0.717, 1.165) is 18.6 Å². The number of carbonyl (C=O) groups excluding carboxylic acids is 1. The summed E-state index contributed by atoms with van der Waals surface area (Å²) in [6, 6.07) is 6.49. The molecule has 1 amide bonds. The van der Waals surface area contributed by atoms with Gasteiger partial charge in [-0.2, -0.15) is 0 Å². The molecule has 0 radical (unpaired) electrons. The minimum Gasteiger partial charge on any atom is -0.496 e. The largest absolute Gasteiger partial charge is 0.496 e. The summed E-state index contributed by atoms with van der Waals surface area (Å²) < 4.78 is 5.38. The van der Waals surface area contributed by atoms with E-state index in [9.17, 15) is 4.79 Å². The van der Waals surface area contributed by atoms with Crippen LogP contribution in [0.3, 0.4) is 0 Å². The number of hydrogen-bond donors (Lipinski definition) is 1. The summed E-state index contributed by atoms with van der Waals surface area (Å²) in [5, 5.41) is 3.05. The topological polar surface area (TPSA) is 38.3 Å². The Morgan fingerprint density at radius 1 is 1.44 bits per heavy atom. The van der Waals surface area contributed by atoms with Crippen LogP contribution in [-0.4, -0.2) is 19.1 Å². The first-order chi connectivity index (χ1) is 7.79. The number of amides is 1. The lowest BCUT2D eigenvalue weighted by Crippen LogP contribution is -2.31. The van der Waals surface area contributed by atoms with Gasteiger partial charge in [-0.15, -0.1) is 0 Å². The molecule has 0 aromatic heterocycles. The molecular weight excluding hydrogens is 202 g/mol. The Morgan fingerprint density at radius 3 is 3.12 bits per heavy atom. The van der Waals surface area contributed by atoms with E-state index in [1.165, 1.54) is 11.1 Å². The lowest BCUT2D eigenvalue weighted by Gasteiger charge is -2.28. The molecule has 1 fully saturated rings. The Bertz CT molecular complexity index is 442. The maximum absolute atomic E-state index is 11.4. The van der Waals surface area contributed by atoms with Gasteiger partial charge in [0.05, 0.1) is 7.11 Å². The zero-order valence-electron chi connectivity index (χ0n) is 9.32. The highest BCUT2D eigenvalue weighted by Crippen LogP contribution is 2.40. The maximum atomic E-state index is 11.4. The fourth-order valence-corrected chi connectivity index (χ4v) is 3.00. The van der Waals surface area contributed by atoms with Gasteiger partial charge in [-0.25, -0.2) is 0 Å². The number of nitrogens with one attached hydrogen (secondary N) is 1. The van der Waals surface area contributed by atoms with Crippen LogP contribution in [0.15, 0.2) is 18.2 Å². The van der Waals surface area contributed by atoms with Crippen molar-refractivity contribution >= 4 is 5.91 Å². The Balaban J connectivity index is 2.06. The Morgan fingerprint density at radius 2 is 2.31 bits per heavy atom. The second kappa shape index (κ2) is 3.51. The third-order valence-electron chi connectivity index (χ3n) is 3.73. The van der Waals surface area contributed by atoms with Crippen LogP contribution in [0.4, 0.5) is 0 Å². The van der Waals surface area contributed by atoms with Crippen molar-refractivity contribution in [2.24, 2.45) is 0 Å². The summed E-state index contributed by atoms with van der Waals surface area (Å²) in [6.07, 6.45) is 2.66. The van der Waals surface area contributed by atoms with E-state index >= 15 is 0 Å². The number of benzene rings is 1. The Kier molecular flexibility index (Phi) is 2.13. The number of fused-ring (bicyclic) bond motifs is 3. The average molecular weight is 217 g/mol. The van der Waals surface area contributed by atoms with Crippen molar-refractivity contribution in [1.29, 1.82) is 0 Å². The van der Waals surface area contributed by atoms with Gasteiger partial charge in [-0.1, -0.05) is 12.1 Å². The molecule has 0 spiro atoms. The molecule has 3 heteroatoms. The molecule has 1 heterocycles. The second-order valence-corrected chi connectivity index (χ2v) is 4.55. The molecule has 1 aliphatic carbocycles. The molecule has 3 rings (SSSR count). The standard InChI is InChI=1S/C13H15NO2/c1-16-12-4-2-3-8-9(12)5-6-11-10(8)7-13(15)14-11/h2-4,10-11H,5-7H2,1H3,(H,14,15). The summed E-state index contributed by atoms with van der Waals surface area (Å²) >= 11 is 0. The van der Waals surface area contributed by atoms with Crippen molar-refractivity contribution < 1.29 is 9.53 Å². The number of rotatable bonds is 1. The molecule has 1 aromatic rings. The molecule has 16 heavy (non-hydrogen) atoms. The molecule has 0 saturated carbocycles. The lowest BCUT2D eigenvalue weighted by atomic mass is 9.79. The van der Waals surface area contributed by atoms with Crippen molar-refractivity contribution in [2.75, 3.05) is 7.11 Å². The molecule has 1 aliphatic heterocycles. The van der Waals surface area contributed by atoms with E-state index in [-0.39, 0.29) is 5.91 Å². The molecule has 1 N–H and O–H groups in total. The van der Waals surface area contributed by atoms with Gasteiger partial charge in [0.2, 0.25) is 5.91 Å². The summed E-state index contributed by atoms with van der Waals surface area (Å²) in [4.78, 5) is 11.4. The third-order valence-corrected chi connectivity index (χ3v) is 3.73. The van der Waals surface area contributed by atoms with Crippen LogP contribution in [0.5, 0.6) is 5.75 Å². The molecule has 1 saturated heterocycles. The Labute approximate surface area is 94.8 Å². The van der Waals surface area contributed by atoms with Gasteiger partial charge in [0.15, 0.2) is 0 Å². The van der Waals surface area contributed by atoms with Gasteiger partial charge in [-0.05, 0) is 30.0 Å². The van der Waals surface area contributed by atoms with Crippen molar-refractivity contribution in [1.82, 2.24) is 5.32 Å². The van der Waals surface area contributed by atoms with Gasteiger partial charge in [0.1, 0.15) is 5.75 Å². The van der Waals surface area contributed by atoms with Crippen LogP contribution in [0.25, 0.3) is 0 Å². The number of hydrogen-bond acceptors (Lipinski definition) is 2. The zero-order chi connectivity index (χ0) is 11.1. The first-order valence-electron chi connectivity index (χ1n) is 5.74. The molecular formula is C13H15NO2. The molecule has 0 bridgehead atoms. The van der Waals surface area contributed by atoms with Crippen LogP contribution in [-0.2, 0) is 11.2 Å². The molecule has 2 atom stereocenters. The summed E-state index contributed by atoms with van der Waals surface area (Å²) in [5.74, 6) is 1.51. The van der Waals surface area contributed by atoms with Crippen molar-refractivity contribution in [3.63, 3.8) is 0 Å². The smallest absolute Gasteiger partial charge is 0.220 e. The molecule has 2 aliphatic rings. The molecule has 84 valence electrons. The maximum Gasteiger partial charge on any atom is 0.220 e. The van der Waals surface area contributed by atoms with Crippen LogP contribution in [0.2, 0.25) is 0 Å². The number of carbonyl (C=O) groups is 1. The quantitative estimate of drug-likeness (QED) is 0.776. The zero-order valence-corrected chi connectivity index (χ0v) is 9.32. The first-order valence-corrected chi connectivity index (χ1v) is 5.74. The van der Waals surface area contributed by atoms with Gasteiger partial charge < -0.3 is 10.1 Å². The lowest BCUT2D eigenvalue weighted by molar-refractivity contribution is -0.119. The monoisotopic (exact) mass is 217 g/mol. The summed E-state index contributed by atoms with van der Waals surface area (Å²) in [5.41, 5.74) is 2.59. The highest BCUT2D eigenvalue weighted by molar-refractivity contribution is 5.80. The minimum absolute atomic E-state index is 0.186. The van der Waals surface area contributed by atoms with Crippen molar-refractivity contribution in [3.05, 3.63) is 29.3 Å². The predicted octanol–water partition coefficient (Wildman–Crippen LogP) is 1.61. The minimum atomic E-state index is 0.186. The SMILES string of the molecule is COc1cccc2c1CCC1NC(=O)CC21. The molecule has 1 aromatic carbocycles. The normalized spacial score (nSPS) is 26.9. The van der Waals surface area contributed by atoms with Gasteiger partial charge in [0, 0.05) is 18.4 Å². The van der Waals surface area contributed by atoms with Crippen molar-refractivity contribution in [2.45, 2.75) is 31.2 Å². The van der Waals surface area contributed by atoms with Crippen LogP contribution >= 0.6 is 0 Å². The van der Waals surface area contributed by atoms with Crippen LogP contribution < -0.4 is 10.1 Å². The predicted molar refractivity (Wildman–Crippen MR) is 60.6 cm³/mol. The summed E-state index contributed by atoms with van der Waals surface area (Å²) in [7, 11) is 1.71. The van der Waals surface area contributed by atoms with Crippen LogP contribution in [0, 0.1) is 0 Å². The van der Waals surface area contributed by atoms with E-state index in [2.05, 4.69) is 11.4 Å². The van der Waals surface area contributed by atoms with E-state index in [4.69, 9.17) is 4.74 Å². The van der Waals surface area contributed by atoms with Gasteiger partial charge in [-0.3, -0.25) is 4.79 Å². The van der Waals surface area contributed by atoms with E-state index in [1.807, 2.05) is 12.1 Å². The average Bonchev–Trinajstić information content (AvgIpc) is 2.69. The van der Waals surface area contributed by atoms with E-state index in [0.29, 0.717) is 18.4 Å².